The van der Waals surface area contributed by atoms with E-state index < -0.39 is 23.3 Å². The number of aryl methyl sites for hydroxylation is 5. The fraction of sp³-hybridized carbons (Fsp3) is 0.273. The van der Waals surface area contributed by atoms with Crippen LogP contribution in [0.3, 0.4) is 0 Å². The number of carbonyl (C=O) groups excluding carboxylic acids is 1. The lowest BCUT2D eigenvalue weighted by atomic mass is 10.1. The number of nitrogens with one attached hydrogen (secondary N) is 1. The summed E-state index contributed by atoms with van der Waals surface area (Å²) in [5.74, 6) is -0.669. The van der Waals surface area contributed by atoms with Crippen LogP contribution >= 0.6 is 11.3 Å². The summed E-state index contributed by atoms with van der Waals surface area (Å²) in [4.78, 5) is 36.2. The molecular weight excluding hydrogens is 497 g/mol. The summed E-state index contributed by atoms with van der Waals surface area (Å²) in [7, 11) is 1.65. The van der Waals surface area contributed by atoms with Crippen molar-refractivity contribution in [3.05, 3.63) is 62.0 Å². The number of alkyl halides is 3. The van der Waals surface area contributed by atoms with Gasteiger partial charge in [-0.1, -0.05) is 0 Å². The second kappa shape index (κ2) is 7.98. The number of fused-ring (bicyclic) bond motifs is 2. The number of hydrogen-bond donors (Lipinski definition) is 1. The van der Waals surface area contributed by atoms with Gasteiger partial charge in [-0.05, 0) is 39.3 Å². The highest BCUT2D eigenvalue weighted by Crippen LogP contribution is 2.33. The standard InChI is InChI=1S/C22H19F3N8O2S/c1-9-11(3)36-20-18(9)21(35)32(12(4)26-20)30-19(34)15-7-17-27-14(13-8-31(5)28-10(13)2)6-16(22(23,24)25)33(17)29-15/h6-8H,1-5H3,(H,30,34). The van der Waals surface area contributed by atoms with Crippen molar-refractivity contribution < 1.29 is 18.0 Å². The SMILES string of the molecule is Cc1nn(C)cc1-c1cc(C(F)(F)F)n2nc(C(=O)Nn3c(C)nc4sc(C)c(C)c4c3=O)cc2n1. The molecule has 0 saturated heterocycles. The van der Waals surface area contributed by atoms with E-state index in [9.17, 15) is 22.8 Å². The van der Waals surface area contributed by atoms with Crippen molar-refractivity contribution in [2.75, 3.05) is 5.43 Å². The first-order chi connectivity index (χ1) is 16.8. The van der Waals surface area contributed by atoms with E-state index in [1.54, 1.807) is 34.0 Å². The molecule has 0 radical (unpaired) electrons. The zero-order valence-electron chi connectivity index (χ0n) is 19.7. The fourth-order valence-corrected chi connectivity index (χ4v) is 5.03. The Hall–Kier alpha value is -4.07. The Labute approximate surface area is 205 Å². The van der Waals surface area contributed by atoms with Gasteiger partial charge in [-0.2, -0.15) is 23.4 Å². The molecule has 0 bridgehead atoms. The van der Waals surface area contributed by atoms with Gasteiger partial charge in [0.05, 0.1) is 16.8 Å². The van der Waals surface area contributed by atoms with Crippen LogP contribution in [-0.4, -0.2) is 39.9 Å². The van der Waals surface area contributed by atoms with E-state index in [4.69, 9.17) is 0 Å². The number of thiophene rings is 1. The molecule has 36 heavy (non-hydrogen) atoms. The topological polar surface area (TPSA) is 112 Å². The lowest BCUT2D eigenvalue weighted by molar-refractivity contribution is -0.142. The Morgan fingerprint density at radius 1 is 1.08 bits per heavy atom. The summed E-state index contributed by atoms with van der Waals surface area (Å²) < 4.78 is 44.7. The van der Waals surface area contributed by atoms with E-state index in [0.29, 0.717) is 26.0 Å². The predicted octanol–water partition coefficient (Wildman–Crippen LogP) is 3.54. The van der Waals surface area contributed by atoms with Crippen LogP contribution in [0.25, 0.3) is 27.1 Å². The third-order valence-electron chi connectivity index (χ3n) is 5.82. The molecule has 5 heterocycles. The van der Waals surface area contributed by atoms with Crippen molar-refractivity contribution in [2.24, 2.45) is 7.05 Å². The van der Waals surface area contributed by atoms with E-state index in [0.717, 1.165) is 27.2 Å². The molecule has 1 N–H and O–H groups in total. The van der Waals surface area contributed by atoms with Crippen molar-refractivity contribution in [2.45, 2.75) is 33.9 Å². The zero-order chi connectivity index (χ0) is 26.1. The summed E-state index contributed by atoms with van der Waals surface area (Å²) in [6.07, 6.45) is -3.21. The first-order valence-electron chi connectivity index (χ1n) is 10.6. The Bertz CT molecular complexity index is 1760. The van der Waals surface area contributed by atoms with Crippen LogP contribution in [0.1, 0.15) is 38.1 Å². The van der Waals surface area contributed by atoms with Crippen LogP contribution in [0.2, 0.25) is 0 Å². The van der Waals surface area contributed by atoms with E-state index in [2.05, 4.69) is 25.6 Å². The second-order valence-electron chi connectivity index (χ2n) is 8.33. The Morgan fingerprint density at radius 3 is 2.44 bits per heavy atom. The summed E-state index contributed by atoms with van der Waals surface area (Å²) in [5, 5.41) is 8.38. The van der Waals surface area contributed by atoms with Crippen LogP contribution in [0.15, 0.2) is 23.1 Å². The molecule has 5 aromatic rings. The third kappa shape index (κ3) is 3.73. The van der Waals surface area contributed by atoms with Gasteiger partial charge in [0.25, 0.3) is 11.5 Å². The minimum Gasteiger partial charge on any atom is -0.275 e. The molecule has 5 aromatic heterocycles. The van der Waals surface area contributed by atoms with Crippen LogP contribution in [-0.2, 0) is 13.2 Å². The number of hydrogen-bond acceptors (Lipinski definition) is 7. The molecule has 0 aliphatic rings. The number of rotatable bonds is 3. The van der Waals surface area contributed by atoms with E-state index in [1.807, 2.05) is 6.92 Å². The number of aromatic nitrogens is 7. The van der Waals surface area contributed by atoms with Crippen LogP contribution in [0.4, 0.5) is 13.2 Å². The first-order valence-corrected chi connectivity index (χ1v) is 11.5. The lowest BCUT2D eigenvalue weighted by Crippen LogP contribution is -2.35. The lowest BCUT2D eigenvalue weighted by Gasteiger charge is -2.11. The third-order valence-corrected chi connectivity index (χ3v) is 6.92. The van der Waals surface area contributed by atoms with E-state index in [1.165, 1.54) is 16.0 Å². The molecule has 5 rings (SSSR count). The van der Waals surface area contributed by atoms with Crippen LogP contribution in [0.5, 0.6) is 0 Å². The van der Waals surface area contributed by atoms with E-state index in [-0.39, 0.29) is 22.9 Å². The van der Waals surface area contributed by atoms with Gasteiger partial charge in [-0.25, -0.2) is 19.2 Å². The quantitative estimate of drug-likeness (QED) is 0.393. The fourth-order valence-electron chi connectivity index (χ4n) is 3.96. The molecule has 14 heteroatoms. The average Bonchev–Trinajstić information content (AvgIpc) is 3.44. The molecule has 10 nitrogen and oxygen atoms in total. The summed E-state index contributed by atoms with van der Waals surface area (Å²) in [6.45, 7) is 6.85. The molecule has 186 valence electrons. The van der Waals surface area contributed by atoms with Crippen molar-refractivity contribution in [1.82, 2.24) is 34.0 Å². The molecule has 0 aromatic carbocycles. The molecule has 0 unspecified atom stereocenters. The highest BCUT2D eigenvalue weighted by atomic mass is 32.1. The smallest absolute Gasteiger partial charge is 0.275 e. The van der Waals surface area contributed by atoms with Gasteiger partial charge in [0, 0.05) is 29.8 Å². The molecule has 0 fully saturated rings. The number of amides is 1. The summed E-state index contributed by atoms with van der Waals surface area (Å²) in [5.41, 5.74) is 1.99. The normalized spacial score (nSPS) is 12.1. The van der Waals surface area contributed by atoms with Gasteiger partial charge in [-0.15, -0.1) is 11.3 Å². The molecule has 0 aliphatic carbocycles. The molecule has 0 saturated carbocycles. The number of nitrogens with zero attached hydrogens (tertiary/aromatic N) is 7. The van der Waals surface area contributed by atoms with Gasteiger partial charge in [0.15, 0.2) is 17.0 Å². The molecule has 0 aliphatic heterocycles. The van der Waals surface area contributed by atoms with Gasteiger partial charge < -0.3 is 0 Å². The maximum atomic E-state index is 13.9. The Kier molecular flexibility index (Phi) is 5.24. The predicted molar refractivity (Wildman–Crippen MR) is 127 cm³/mol. The summed E-state index contributed by atoms with van der Waals surface area (Å²) in [6, 6.07) is 1.99. The molecule has 0 spiro atoms. The van der Waals surface area contributed by atoms with Gasteiger partial charge in [0.1, 0.15) is 10.7 Å². The van der Waals surface area contributed by atoms with Gasteiger partial charge in [0.2, 0.25) is 0 Å². The molecule has 0 atom stereocenters. The minimum atomic E-state index is -4.78. The van der Waals surface area contributed by atoms with Gasteiger partial charge >= 0.3 is 6.18 Å². The molecular formula is C22H19F3N8O2S. The van der Waals surface area contributed by atoms with Crippen molar-refractivity contribution in [1.29, 1.82) is 0 Å². The monoisotopic (exact) mass is 516 g/mol. The van der Waals surface area contributed by atoms with E-state index >= 15 is 0 Å². The maximum Gasteiger partial charge on any atom is 0.433 e. The average molecular weight is 517 g/mol. The first kappa shape index (κ1) is 23.7. The number of carbonyl (C=O) groups is 1. The highest BCUT2D eigenvalue weighted by Gasteiger charge is 2.36. The van der Waals surface area contributed by atoms with Crippen LogP contribution < -0.4 is 11.0 Å². The maximum absolute atomic E-state index is 13.9. The van der Waals surface area contributed by atoms with Crippen molar-refractivity contribution in [3.63, 3.8) is 0 Å². The summed E-state index contributed by atoms with van der Waals surface area (Å²) >= 11 is 1.37. The Balaban J connectivity index is 1.61. The molecule has 1 amide bonds. The highest BCUT2D eigenvalue weighted by molar-refractivity contribution is 7.18. The minimum absolute atomic E-state index is 0.0392. The zero-order valence-corrected chi connectivity index (χ0v) is 20.5. The van der Waals surface area contributed by atoms with Crippen molar-refractivity contribution in [3.8, 4) is 11.3 Å². The van der Waals surface area contributed by atoms with Crippen LogP contribution in [0, 0.1) is 27.7 Å². The Morgan fingerprint density at radius 2 is 1.81 bits per heavy atom. The van der Waals surface area contributed by atoms with Crippen molar-refractivity contribution >= 4 is 33.1 Å². The number of halogens is 3. The van der Waals surface area contributed by atoms with Gasteiger partial charge in [-0.3, -0.25) is 19.7 Å². The second-order valence-corrected chi connectivity index (χ2v) is 9.53. The largest absolute Gasteiger partial charge is 0.433 e.